The zero-order valence-electron chi connectivity index (χ0n) is 13.4. The number of carbonyl (C=O) groups excluding carboxylic acids is 2. The standard InChI is InChI=1S/C17H11ClF3N3O3/c18-11-6-5-9(17(19,20)21)7-13(11)22-14(25)8-27-16(26)15-10-3-1-2-4-12(10)23-24-15/h1-7H,8H2,(H,22,25)(H,23,24). The number of nitrogens with zero attached hydrogens (tertiary/aromatic N) is 1. The highest BCUT2D eigenvalue weighted by atomic mass is 35.5. The van der Waals surface area contributed by atoms with E-state index in [4.69, 9.17) is 16.3 Å². The lowest BCUT2D eigenvalue weighted by molar-refractivity contribution is -0.137. The fourth-order valence-electron chi connectivity index (χ4n) is 2.30. The molecule has 2 aromatic carbocycles. The number of para-hydroxylation sites is 1. The normalized spacial score (nSPS) is 11.4. The van der Waals surface area contributed by atoms with E-state index < -0.39 is 30.2 Å². The number of rotatable bonds is 4. The predicted octanol–water partition coefficient (Wildman–Crippen LogP) is 4.03. The Labute approximate surface area is 155 Å². The number of fused-ring (bicyclic) bond motifs is 1. The number of aromatic amines is 1. The molecule has 10 heteroatoms. The molecule has 27 heavy (non-hydrogen) atoms. The van der Waals surface area contributed by atoms with Crippen LogP contribution in [0.2, 0.25) is 5.02 Å². The molecule has 0 atom stereocenters. The molecule has 0 spiro atoms. The first-order chi connectivity index (χ1) is 12.8. The van der Waals surface area contributed by atoms with Crippen molar-refractivity contribution in [3.63, 3.8) is 0 Å². The van der Waals surface area contributed by atoms with Crippen molar-refractivity contribution in [1.29, 1.82) is 0 Å². The van der Waals surface area contributed by atoms with Gasteiger partial charge in [-0.1, -0.05) is 29.8 Å². The summed E-state index contributed by atoms with van der Waals surface area (Å²) in [5, 5.41) is 9.10. The Balaban J connectivity index is 1.66. The summed E-state index contributed by atoms with van der Waals surface area (Å²) in [4.78, 5) is 24.0. The molecule has 0 aliphatic carbocycles. The number of aromatic nitrogens is 2. The third-order valence-corrected chi connectivity index (χ3v) is 3.90. The molecule has 140 valence electrons. The number of H-pyrrole nitrogens is 1. The van der Waals surface area contributed by atoms with Gasteiger partial charge in [0.05, 0.1) is 21.8 Å². The minimum absolute atomic E-state index is 0.00417. The summed E-state index contributed by atoms with van der Waals surface area (Å²) in [6.07, 6.45) is -4.59. The maximum atomic E-state index is 12.7. The molecule has 0 unspecified atom stereocenters. The molecule has 0 bridgehead atoms. The second-order valence-electron chi connectivity index (χ2n) is 5.43. The third-order valence-electron chi connectivity index (χ3n) is 3.57. The van der Waals surface area contributed by atoms with Crippen LogP contribution in [-0.4, -0.2) is 28.7 Å². The molecule has 0 radical (unpaired) electrons. The van der Waals surface area contributed by atoms with Gasteiger partial charge >= 0.3 is 12.1 Å². The summed E-state index contributed by atoms with van der Waals surface area (Å²) in [5.41, 5.74) is -0.597. The molecule has 1 amide bonds. The highest BCUT2D eigenvalue weighted by Crippen LogP contribution is 2.33. The van der Waals surface area contributed by atoms with E-state index in [0.29, 0.717) is 17.0 Å². The second-order valence-corrected chi connectivity index (χ2v) is 5.84. The highest BCUT2D eigenvalue weighted by molar-refractivity contribution is 6.33. The number of esters is 1. The largest absolute Gasteiger partial charge is 0.451 e. The van der Waals surface area contributed by atoms with E-state index in [1.807, 2.05) is 0 Å². The maximum absolute atomic E-state index is 12.7. The minimum Gasteiger partial charge on any atom is -0.451 e. The summed E-state index contributed by atoms with van der Waals surface area (Å²) < 4.78 is 43.1. The van der Waals surface area contributed by atoms with E-state index in [1.165, 1.54) is 0 Å². The second kappa shape index (κ2) is 7.28. The van der Waals surface area contributed by atoms with E-state index in [2.05, 4.69) is 15.5 Å². The molecule has 3 rings (SSSR count). The predicted molar refractivity (Wildman–Crippen MR) is 91.5 cm³/mol. The number of hydrogen-bond donors (Lipinski definition) is 2. The summed E-state index contributed by atoms with van der Waals surface area (Å²) >= 11 is 5.80. The van der Waals surface area contributed by atoms with Gasteiger partial charge in [-0.05, 0) is 24.3 Å². The van der Waals surface area contributed by atoms with Gasteiger partial charge in [-0.15, -0.1) is 0 Å². The fraction of sp³-hybridized carbons (Fsp3) is 0.118. The van der Waals surface area contributed by atoms with Crippen LogP contribution in [0.3, 0.4) is 0 Å². The molecule has 0 saturated carbocycles. The number of benzene rings is 2. The zero-order chi connectivity index (χ0) is 19.6. The van der Waals surface area contributed by atoms with Crippen LogP contribution in [0, 0.1) is 0 Å². The molecule has 0 saturated heterocycles. The van der Waals surface area contributed by atoms with Crippen LogP contribution in [0.4, 0.5) is 18.9 Å². The van der Waals surface area contributed by atoms with Gasteiger partial charge in [0, 0.05) is 5.39 Å². The van der Waals surface area contributed by atoms with Crippen molar-refractivity contribution >= 4 is 40.1 Å². The van der Waals surface area contributed by atoms with Gasteiger partial charge in [-0.2, -0.15) is 18.3 Å². The Bertz CT molecular complexity index is 1020. The number of carbonyl (C=O) groups is 2. The quantitative estimate of drug-likeness (QED) is 0.651. The van der Waals surface area contributed by atoms with Crippen LogP contribution >= 0.6 is 11.6 Å². The van der Waals surface area contributed by atoms with E-state index in [0.717, 1.165) is 12.1 Å². The Morgan fingerprint density at radius 2 is 1.93 bits per heavy atom. The smallest absolute Gasteiger partial charge is 0.416 e. The maximum Gasteiger partial charge on any atom is 0.416 e. The summed E-state index contributed by atoms with van der Waals surface area (Å²) in [5.74, 6) is -1.69. The van der Waals surface area contributed by atoms with E-state index in [-0.39, 0.29) is 16.4 Å². The summed E-state index contributed by atoms with van der Waals surface area (Å²) in [6.45, 7) is -0.716. The number of amides is 1. The van der Waals surface area contributed by atoms with Crippen LogP contribution in [0.1, 0.15) is 16.1 Å². The molecular formula is C17H11ClF3N3O3. The molecular weight excluding hydrogens is 387 g/mol. The van der Waals surface area contributed by atoms with Gasteiger partial charge in [0.15, 0.2) is 12.3 Å². The first-order valence-corrected chi connectivity index (χ1v) is 7.90. The first-order valence-electron chi connectivity index (χ1n) is 7.52. The Kier molecular flexibility index (Phi) is 5.04. The molecule has 0 fully saturated rings. The first kappa shape index (κ1) is 18.7. The number of alkyl halides is 3. The topological polar surface area (TPSA) is 84.1 Å². The average Bonchev–Trinajstić information content (AvgIpc) is 3.05. The monoisotopic (exact) mass is 397 g/mol. The highest BCUT2D eigenvalue weighted by Gasteiger charge is 2.31. The van der Waals surface area contributed by atoms with Crippen LogP contribution in [-0.2, 0) is 15.7 Å². The van der Waals surface area contributed by atoms with Crippen molar-refractivity contribution in [3.05, 3.63) is 58.7 Å². The number of hydrogen-bond acceptors (Lipinski definition) is 4. The molecule has 1 aromatic heterocycles. The van der Waals surface area contributed by atoms with Crippen LogP contribution < -0.4 is 5.32 Å². The average molecular weight is 398 g/mol. The van der Waals surface area contributed by atoms with Gasteiger partial charge in [0.1, 0.15) is 0 Å². The Morgan fingerprint density at radius 3 is 2.67 bits per heavy atom. The van der Waals surface area contributed by atoms with Gasteiger partial charge < -0.3 is 10.1 Å². The van der Waals surface area contributed by atoms with Crippen molar-refractivity contribution in [2.45, 2.75) is 6.18 Å². The molecule has 3 aromatic rings. The number of halogens is 4. The van der Waals surface area contributed by atoms with E-state index >= 15 is 0 Å². The molecule has 6 nitrogen and oxygen atoms in total. The molecule has 0 aliphatic heterocycles. The lowest BCUT2D eigenvalue weighted by Gasteiger charge is -2.11. The number of nitrogens with one attached hydrogen (secondary N) is 2. The summed E-state index contributed by atoms with van der Waals surface area (Å²) in [7, 11) is 0. The van der Waals surface area contributed by atoms with Gasteiger partial charge in [0.25, 0.3) is 5.91 Å². The number of anilines is 1. The van der Waals surface area contributed by atoms with Crippen molar-refractivity contribution in [3.8, 4) is 0 Å². The third kappa shape index (κ3) is 4.20. The van der Waals surface area contributed by atoms with Crippen molar-refractivity contribution < 1.29 is 27.5 Å². The van der Waals surface area contributed by atoms with Crippen LogP contribution in [0.5, 0.6) is 0 Å². The number of ether oxygens (including phenoxy) is 1. The SMILES string of the molecule is O=C(COC(=O)c1n[nH]c2ccccc12)Nc1cc(C(F)(F)F)ccc1Cl. The zero-order valence-corrected chi connectivity index (χ0v) is 14.2. The van der Waals surface area contributed by atoms with Crippen LogP contribution in [0.25, 0.3) is 10.9 Å². The Hall–Kier alpha value is -3.07. The Morgan fingerprint density at radius 1 is 1.19 bits per heavy atom. The lowest BCUT2D eigenvalue weighted by atomic mass is 10.2. The van der Waals surface area contributed by atoms with Gasteiger partial charge in [-0.3, -0.25) is 9.89 Å². The molecule has 1 heterocycles. The summed E-state index contributed by atoms with van der Waals surface area (Å²) in [6, 6.07) is 9.32. The fourth-order valence-corrected chi connectivity index (χ4v) is 2.47. The van der Waals surface area contributed by atoms with Gasteiger partial charge in [-0.25, -0.2) is 4.79 Å². The van der Waals surface area contributed by atoms with Crippen molar-refractivity contribution in [1.82, 2.24) is 10.2 Å². The molecule has 0 aliphatic rings. The minimum atomic E-state index is -4.59. The van der Waals surface area contributed by atoms with Crippen molar-refractivity contribution in [2.75, 3.05) is 11.9 Å². The van der Waals surface area contributed by atoms with Crippen LogP contribution in [0.15, 0.2) is 42.5 Å². The van der Waals surface area contributed by atoms with E-state index in [1.54, 1.807) is 24.3 Å². The van der Waals surface area contributed by atoms with E-state index in [9.17, 15) is 22.8 Å². The lowest BCUT2D eigenvalue weighted by Crippen LogP contribution is -2.21. The van der Waals surface area contributed by atoms with Gasteiger partial charge in [0.2, 0.25) is 0 Å². The van der Waals surface area contributed by atoms with Crippen molar-refractivity contribution in [2.24, 2.45) is 0 Å². The molecule has 2 N–H and O–H groups in total.